The number of likely N-dealkylation sites (tertiary alicyclic amines) is 1. The molecule has 44 heavy (non-hydrogen) atoms. The lowest BCUT2D eigenvalue weighted by Crippen LogP contribution is -2.67. The third-order valence-corrected chi connectivity index (χ3v) is 8.83. The van der Waals surface area contributed by atoms with Crippen molar-refractivity contribution in [2.24, 2.45) is 5.92 Å². The van der Waals surface area contributed by atoms with Crippen LogP contribution in [-0.4, -0.2) is 62.5 Å². The van der Waals surface area contributed by atoms with E-state index in [9.17, 15) is 19.5 Å². The molecule has 8 heteroatoms. The summed E-state index contributed by atoms with van der Waals surface area (Å²) in [5.41, 5.74) is 3.51. The van der Waals surface area contributed by atoms with Gasteiger partial charge in [-0.3, -0.25) is 4.90 Å². The third-order valence-electron chi connectivity index (χ3n) is 8.83. The van der Waals surface area contributed by atoms with E-state index in [0.717, 1.165) is 16.8 Å². The summed E-state index contributed by atoms with van der Waals surface area (Å²) >= 11 is 0. The summed E-state index contributed by atoms with van der Waals surface area (Å²) in [5, 5.41) is 10.6. The van der Waals surface area contributed by atoms with Crippen molar-refractivity contribution in [3.05, 3.63) is 126 Å². The molecule has 1 N–H and O–H groups in total. The first kappa shape index (κ1) is 29.2. The largest absolute Gasteiger partial charge is 0.480 e. The summed E-state index contributed by atoms with van der Waals surface area (Å²) in [6, 6.07) is 26.4. The Morgan fingerprint density at radius 3 is 1.98 bits per heavy atom. The minimum atomic E-state index is -1.16. The molecular formula is C36H38N4O4. The summed E-state index contributed by atoms with van der Waals surface area (Å²) in [5.74, 6) is -0.854. The highest BCUT2D eigenvalue weighted by Gasteiger charge is 2.54. The Bertz CT molecular complexity index is 1500. The van der Waals surface area contributed by atoms with Gasteiger partial charge in [0, 0.05) is 25.3 Å². The highest BCUT2D eigenvalue weighted by Crippen LogP contribution is 2.38. The molecule has 2 aliphatic heterocycles. The normalized spacial score (nSPS) is 22.3. The predicted molar refractivity (Wildman–Crippen MR) is 170 cm³/mol. The molecule has 0 saturated carbocycles. The molecule has 4 atom stereocenters. The van der Waals surface area contributed by atoms with Crippen LogP contribution < -0.4 is 4.90 Å². The summed E-state index contributed by atoms with van der Waals surface area (Å²) in [4.78, 5) is 48.5. The molecule has 1 aliphatic carbocycles. The molecule has 3 aromatic carbocycles. The molecule has 8 nitrogen and oxygen atoms in total. The Kier molecular flexibility index (Phi) is 8.50. The van der Waals surface area contributed by atoms with Gasteiger partial charge >= 0.3 is 18.0 Å². The second kappa shape index (κ2) is 12.8. The molecule has 0 spiro atoms. The molecule has 3 aliphatic rings. The van der Waals surface area contributed by atoms with Gasteiger partial charge in [0.2, 0.25) is 0 Å². The van der Waals surface area contributed by atoms with Crippen LogP contribution in [0.2, 0.25) is 0 Å². The van der Waals surface area contributed by atoms with Crippen LogP contribution in [0.5, 0.6) is 0 Å². The molecule has 6 rings (SSSR count). The number of piperazine rings is 1. The number of carboxylic acids is 1. The second-order valence-electron chi connectivity index (χ2n) is 11.9. The minimum absolute atomic E-state index is 0.157. The van der Waals surface area contributed by atoms with Gasteiger partial charge in [-0.1, -0.05) is 97.9 Å². The van der Waals surface area contributed by atoms with Crippen molar-refractivity contribution in [1.29, 1.82) is 0 Å². The Hall–Kier alpha value is -4.85. The molecule has 0 aromatic heterocycles. The Labute approximate surface area is 258 Å². The number of carbonyl (C=O) groups is 3. The van der Waals surface area contributed by atoms with Gasteiger partial charge in [-0.15, -0.1) is 0 Å². The fourth-order valence-electron chi connectivity index (χ4n) is 6.80. The SMILES string of the molecule is CC1C=CC=C(N(C(=O)N2C[C@@H]3CC[C@H]([C@H]2C(=O)O)N3C(=O)N(Cc2ccccc2)Cc2ccccc2)c2ccccc2)C1. The molecule has 2 heterocycles. The van der Waals surface area contributed by atoms with Crippen molar-refractivity contribution in [1.82, 2.24) is 14.7 Å². The van der Waals surface area contributed by atoms with Crippen LogP contribution in [0.15, 0.2) is 115 Å². The molecule has 226 valence electrons. The van der Waals surface area contributed by atoms with E-state index >= 15 is 0 Å². The number of fused-ring (bicyclic) bond motifs is 2. The van der Waals surface area contributed by atoms with Gasteiger partial charge in [0.15, 0.2) is 6.04 Å². The van der Waals surface area contributed by atoms with Gasteiger partial charge in [0.1, 0.15) is 0 Å². The van der Waals surface area contributed by atoms with Gasteiger partial charge in [0.25, 0.3) is 0 Å². The molecule has 3 aromatic rings. The van der Waals surface area contributed by atoms with E-state index in [0.29, 0.717) is 38.0 Å². The number of carbonyl (C=O) groups excluding carboxylic acids is 2. The maximum atomic E-state index is 14.4. The van der Waals surface area contributed by atoms with Crippen molar-refractivity contribution < 1.29 is 19.5 Å². The third kappa shape index (κ3) is 5.97. The van der Waals surface area contributed by atoms with Gasteiger partial charge in [0.05, 0.1) is 17.8 Å². The van der Waals surface area contributed by atoms with Crippen LogP contribution in [0.25, 0.3) is 0 Å². The first-order chi connectivity index (χ1) is 21.4. The van der Waals surface area contributed by atoms with E-state index in [-0.39, 0.29) is 30.6 Å². The smallest absolute Gasteiger partial charge is 0.329 e. The molecule has 4 amide bonds. The highest BCUT2D eigenvalue weighted by molar-refractivity contribution is 5.98. The predicted octanol–water partition coefficient (Wildman–Crippen LogP) is 6.52. The number of amides is 4. The maximum absolute atomic E-state index is 14.4. The van der Waals surface area contributed by atoms with Crippen molar-refractivity contribution in [3.8, 4) is 0 Å². The second-order valence-corrected chi connectivity index (χ2v) is 11.9. The molecule has 1 unspecified atom stereocenters. The van der Waals surface area contributed by atoms with E-state index in [1.807, 2.05) is 103 Å². The number of aliphatic carboxylic acids is 1. The minimum Gasteiger partial charge on any atom is -0.480 e. The molecule has 2 saturated heterocycles. The van der Waals surface area contributed by atoms with Crippen molar-refractivity contribution in [3.63, 3.8) is 0 Å². The Balaban J connectivity index is 1.31. The van der Waals surface area contributed by atoms with Crippen LogP contribution in [0, 0.1) is 5.92 Å². The van der Waals surface area contributed by atoms with E-state index in [1.54, 1.807) is 14.7 Å². The van der Waals surface area contributed by atoms with Crippen molar-refractivity contribution >= 4 is 23.7 Å². The maximum Gasteiger partial charge on any atom is 0.329 e. The number of anilines is 1. The molecule has 0 radical (unpaired) electrons. The summed E-state index contributed by atoms with van der Waals surface area (Å²) in [7, 11) is 0. The number of para-hydroxylation sites is 1. The number of benzene rings is 3. The zero-order valence-electron chi connectivity index (χ0n) is 24.9. The zero-order valence-corrected chi connectivity index (χ0v) is 24.9. The number of nitrogens with zero attached hydrogens (tertiary/aromatic N) is 4. The summed E-state index contributed by atoms with van der Waals surface area (Å²) < 4.78 is 0. The van der Waals surface area contributed by atoms with Gasteiger partial charge in [-0.05, 0) is 54.5 Å². The van der Waals surface area contributed by atoms with Gasteiger partial charge in [-0.2, -0.15) is 0 Å². The highest BCUT2D eigenvalue weighted by atomic mass is 16.4. The van der Waals surface area contributed by atoms with E-state index < -0.39 is 18.1 Å². The standard InChI is InChI=1S/C36H38N4O4/c1-26-12-11-19-30(22-26)39(29-17-9-4-10-18-29)36(44)38-25-31-20-21-32(33(38)34(41)42)40(31)35(43)37(23-27-13-5-2-6-14-27)24-28-15-7-3-8-16-28/h2-19,26,31-33H,20-25H2,1H3,(H,41,42)/t26?,31-,32+,33-/m0/s1. The van der Waals surface area contributed by atoms with Crippen LogP contribution in [0.4, 0.5) is 15.3 Å². The van der Waals surface area contributed by atoms with Gasteiger partial charge < -0.3 is 19.8 Å². The topological polar surface area (TPSA) is 84.4 Å². The zero-order chi connectivity index (χ0) is 30.6. The van der Waals surface area contributed by atoms with Crippen LogP contribution in [0.1, 0.15) is 37.3 Å². The van der Waals surface area contributed by atoms with Gasteiger partial charge in [-0.25, -0.2) is 14.4 Å². The average molecular weight is 591 g/mol. The summed E-state index contributed by atoms with van der Waals surface area (Å²) in [6.07, 6.45) is 7.81. The number of rotatable bonds is 7. The number of hydrogen-bond acceptors (Lipinski definition) is 3. The lowest BCUT2D eigenvalue weighted by atomic mass is 9.98. The lowest BCUT2D eigenvalue weighted by Gasteiger charge is -2.47. The number of carboxylic acid groups (broad SMARTS) is 1. The summed E-state index contributed by atoms with van der Waals surface area (Å²) in [6.45, 7) is 3.04. The van der Waals surface area contributed by atoms with Crippen LogP contribution in [-0.2, 0) is 17.9 Å². The Morgan fingerprint density at radius 1 is 0.818 bits per heavy atom. The average Bonchev–Trinajstić information content (AvgIpc) is 3.34. The fourth-order valence-corrected chi connectivity index (χ4v) is 6.80. The number of urea groups is 2. The monoisotopic (exact) mass is 590 g/mol. The van der Waals surface area contributed by atoms with Crippen molar-refractivity contribution in [2.45, 2.75) is 57.4 Å². The molecule has 2 fully saturated rings. The van der Waals surface area contributed by atoms with E-state index in [2.05, 4.69) is 13.0 Å². The first-order valence-electron chi connectivity index (χ1n) is 15.3. The number of allylic oxidation sites excluding steroid dienone is 4. The first-order valence-corrected chi connectivity index (χ1v) is 15.3. The molecular weight excluding hydrogens is 552 g/mol. The van der Waals surface area contributed by atoms with Crippen LogP contribution >= 0.6 is 0 Å². The molecule has 2 bridgehead atoms. The lowest BCUT2D eigenvalue weighted by molar-refractivity contribution is -0.145. The quantitative estimate of drug-likeness (QED) is 0.340. The fraction of sp³-hybridized carbons (Fsp3) is 0.306. The van der Waals surface area contributed by atoms with Crippen LogP contribution in [0.3, 0.4) is 0 Å². The van der Waals surface area contributed by atoms with E-state index in [1.165, 1.54) is 4.90 Å². The van der Waals surface area contributed by atoms with Crippen molar-refractivity contribution in [2.75, 3.05) is 11.4 Å². The number of hydrogen-bond donors (Lipinski definition) is 1. The Morgan fingerprint density at radius 2 is 1.41 bits per heavy atom. The van der Waals surface area contributed by atoms with E-state index in [4.69, 9.17) is 0 Å².